The minimum atomic E-state index is 0.270. The van der Waals surface area contributed by atoms with Crippen molar-refractivity contribution in [3.63, 3.8) is 0 Å². The molecule has 0 radical (unpaired) electrons. The summed E-state index contributed by atoms with van der Waals surface area (Å²) in [5, 5.41) is 6.56. The molecule has 1 unspecified atom stereocenters. The molecule has 2 nitrogen and oxygen atoms in total. The third-order valence-electron chi connectivity index (χ3n) is 2.22. The third-order valence-corrected chi connectivity index (χ3v) is 3.18. The highest BCUT2D eigenvalue weighted by atomic mass is 32.1. The second-order valence-electron chi connectivity index (χ2n) is 3.61. The van der Waals surface area contributed by atoms with E-state index in [2.05, 4.69) is 48.4 Å². The molecule has 2 rings (SSSR count). The van der Waals surface area contributed by atoms with E-state index >= 15 is 0 Å². The van der Waals surface area contributed by atoms with Crippen molar-refractivity contribution < 1.29 is 0 Å². The van der Waals surface area contributed by atoms with Crippen LogP contribution in [0.2, 0.25) is 0 Å². The molecule has 0 aliphatic carbocycles. The van der Waals surface area contributed by atoms with Gasteiger partial charge in [-0.3, -0.25) is 0 Å². The topological polar surface area (TPSA) is 24.9 Å². The molecule has 3 heteroatoms. The number of hydrogen-bond donors (Lipinski definition) is 1. The van der Waals surface area contributed by atoms with Crippen molar-refractivity contribution in [1.29, 1.82) is 0 Å². The fraction of sp³-hybridized carbons (Fsp3) is 0.250. The molecule has 78 valence electrons. The van der Waals surface area contributed by atoms with Crippen LogP contribution >= 0.6 is 11.3 Å². The zero-order valence-electron chi connectivity index (χ0n) is 8.90. The quantitative estimate of drug-likeness (QED) is 0.851. The highest BCUT2D eigenvalue weighted by Gasteiger charge is 2.06. The van der Waals surface area contributed by atoms with Crippen LogP contribution in [-0.2, 0) is 0 Å². The summed E-state index contributed by atoms with van der Waals surface area (Å²) in [6, 6.07) is 8.65. The van der Waals surface area contributed by atoms with E-state index in [0.29, 0.717) is 0 Å². The molecule has 0 aliphatic heterocycles. The largest absolute Gasteiger partial charge is 0.376 e. The van der Waals surface area contributed by atoms with E-state index in [1.165, 1.54) is 5.56 Å². The van der Waals surface area contributed by atoms with Crippen LogP contribution < -0.4 is 5.32 Å². The van der Waals surface area contributed by atoms with Crippen LogP contribution in [0.1, 0.15) is 23.5 Å². The van der Waals surface area contributed by atoms with E-state index in [4.69, 9.17) is 0 Å². The van der Waals surface area contributed by atoms with E-state index in [1.54, 1.807) is 11.3 Å². The van der Waals surface area contributed by atoms with Gasteiger partial charge < -0.3 is 5.32 Å². The number of aryl methyl sites for hydroxylation is 1. The van der Waals surface area contributed by atoms with Crippen molar-refractivity contribution in [3.8, 4) is 0 Å². The molecule has 0 fully saturated rings. The molecule has 1 aromatic carbocycles. The Kier molecular flexibility index (Phi) is 3.02. The van der Waals surface area contributed by atoms with Crippen LogP contribution in [0.25, 0.3) is 0 Å². The lowest BCUT2D eigenvalue weighted by atomic mass is 10.2. The van der Waals surface area contributed by atoms with Gasteiger partial charge >= 0.3 is 0 Å². The first-order valence-electron chi connectivity index (χ1n) is 4.98. The van der Waals surface area contributed by atoms with E-state index in [-0.39, 0.29) is 6.04 Å². The van der Waals surface area contributed by atoms with E-state index in [0.717, 1.165) is 10.7 Å². The highest BCUT2D eigenvalue weighted by molar-refractivity contribution is 7.09. The zero-order valence-corrected chi connectivity index (χ0v) is 9.71. The molecule has 15 heavy (non-hydrogen) atoms. The summed E-state index contributed by atoms with van der Waals surface area (Å²) in [5.41, 5.74) is 2.42. The predicted molar refractivity (Wildman–Crippen MR) is 65.3 cm³/mol. The molecular weight excluding hydrogens is 204 g/mol. The predicted octanol–water partition coefficient (Wildman–Crippen LogP) is 3.62. The van der Waals surface area contributed by atoms with Gasteiger partial charge in [0.2, 0.25) is 0 Å². The van der Waals surface area contributed by atoms with Gasteiger partial charge in [0.05, 0.1) is 6.04 Å². The summed E-state index contributed by atoms with van der Waals surface area (Å²) in [6.07, 6.45) is 1.84. The van der Waals surface area contributed by atoms with Crippen molar-refractivity contribution in [3.05, 3.63) is 46.4 Å². The minimum Gasteiger partial charge on any atom is -0.376 e. The zero-order chi connectivity index (χ0) is 10.7. The van der Waals surface area contributed by atoms with Crippen molar-refractivity contribution >= 4 is 17.0 Å². The van der Waals surface area contributed by atoms with Crippen molar-refractivity contribution in [1.82, 2.24) is 4.98 Å². The van der Waals surface area contributed by atoms with Crippen molar-refractivity contribution in [2.45, 2.75) is 19.9 Å². The Morgan fingerprint density at radius 3 is 2.93 bits per heavy atom. The fourth-order valence-corrected chi connectivity index (χ4v) is 2.14. The summed E-state index contributed by atoms with van der Waals surface area (Å²) in [7, 11) is 0. The molecule has 1 heterocycles. The van der Waals surface area contributed by atoms with Crippen LogP contribution in [0.3, 0.4) is 0 Å². The Bertz CT molecular complexity index is 423. The SMILES string of the molecule is Cc1cccc(NC(C)c2nccs2)c1. The number of hydrogen-bond acceptors (Lipinski definition) is 3. The van der Waals surface area contributed by atoms with Crippen molar-refractivity contribution in [2.24, 2.45) is 0 Å². The van der Waals surface area contributed by atoms with Crippen LogP contribution in [0.4, 0.5) is 5.69 Å². The molecule has 0 saturated heterocycles. The Hall–Kier alpha value is -1.35. The Morgan fingerprint density at radius 2 is 2.27 bits per heavy atom. The number of anilines is 1. The number of nitrogens with zero attached hydrogens (tertiary/aromatic N) is 1. The standard InChI is InChI=1S/C12H14N2S/c1-9-4-3-5-11(8-9)14-10(2)12-13-6-7-15-12/h3-8,10,14H,1-2H3. The average molecular weight is 218 g/mol. The number of rotatable bonds is 3. The second-order valence-corrected chi connectivity index (χ2v) is 4.53. The monoisotopic (exact) mass is 218 g/mol. The van der Waals surface area contributed by atoms with Crippen LogP contribution in [0, 0.1) is 6.92 Å². The molecular formula is C12H14N2S. The smallest absolute Gasteiger partial charge is 0.115 e. The first-order valence-corrected chi connectivity index (χ1v) is 5.86. The molecule has 0 amide bonds. The second kappa shape index (κ2) is 4.45. The van der Waals surface area contributed by atoms with Gasteiger partial charge in [-0.05, 0) is 31.5 Å². The Balaban J connectivity index is 2.09. The van der Waals surface area contributed by atoms with Gasteiger partial charge in [0.25, 0.3) is 0 Å². The van der Waals surface area contributed by atoms with Gasteiger partial charge in [-0.25, -0.2) is 4.98 Å². The molecule has 0 spiro atoms. The first-order chi connectivity index (χ1) is 7.25. The summed E-state index contributed by atoms with van der Waals surface area (Å²) in [4.78, 5) is 4.29. The molecule has 1 N–H and O–H groups in total. The van der Waals surface area contributed by atoms with E-state index < -0.39 is 0 Å². The molecule has 1 aromatic heterocycles. The number of benzene rings is 1. The van der Waals surface area contributed by atoms with Gasteiger partial charge in [0.1, 0.15) is 5.01 Å². The van der Waals surface area contributed by atoms with Gasteiger partial charge in [-0.1, -0.05) is 12.1 Å². The summed E-state index contributed by atoms with van der Waals surface area (Å²) in [5.74, 6) is 0. The van der Waals surface area contributed by atoms with E-state index in [9.17, 15) is 0 Å². The maximum absolute atomic E-state index is 4.29. The lowest BCUT2D eigenvalue weighted by Crippen LogP contribution is -2.05. The lowest BCUT2D eigenvalue weighted by molar-refractivity contribution is 0.869. The first kappa shape index (κ1) is 10.2. The van der Waals surface area contributed by atoms with E-state index in [1.807, 2.05) is 11.6 Å². The Labute approximate surface area is 94.0 Å². The maximum Gasteiger partial charge on any atom is 0.115 e. The van der Waals surface area contributed by atoms with Crippen LogP contribution in [-0.4, -0.2) is 4.98 Å². The molecule has 0 bridgehead atoms. The van der Waals surface area contributed by atoms with Gasteiger partial charge in [-0.15, -0.1) is 11.3 Å². The van der Waals surface area contributed by atoms with Gasteiger partial charge in [0, 0.05) is 17.3 Å². The lowest BCUT2D eigenvalue weighted by Gasteiger charge is -2.12. The van der Waals surface area contributed by atoms with Gasteiger partial charge in [-0.2, -0.15) is 0 Å². The van der Waals surface area contributed by atoms with Crippen molar-refractivity contribution in [2.75, 3.05) is 5.32 Å². The molecule has 1 atom stereocenters. The van der Waals surface area contributed by atoms with Crippen LogP contribution in [0.5, 0.6) is 0 Å². The maximum atomic E-state index is 4.29. The van der Waals surface area contributed by atoms with Gasteiger partial charge in [0.15, 0.2) is 0 Å². The number of thiazole rings is 1. The van der Waals surface area contributed by atoms with Crippen LogP contribution in [0.15, 0.2) is 35.8 Å². The summed E-state index contributed by atoms with van der Waals surface area (Å²) in [6.45, 7) is 4.22. The summed E-state index contributed by atoms with van der Waals surface area (Å²) < 4.78 is 0. The molecule has 0 aliphatic rings. The molecule has 0 saturated carbocycles. The third kappa shape index (κ3) is 2.57. The fourth-order valence-electron chi connectivity index (χ4n) is 1.49. The normalized spacial score (nSPS) is 12.4. The Morgan fingerprint density at radius 1 is 1.40 bits per heavy atom. The number of nitrogens with one attached hydrogen (secondary N) is 1. The summed E-state index contributed by atoms with van der Waals surface area (Å²) >= 11 is 1.68. The number of aromatic nitrogens is 1. The minimum absolute atomic E-state index is 0.270. The highest BCUT2D eigenvalue weighted by Crippen LogP contribution is 2.21. The molecule has 2 aromatic rings. The average Bonchev–Trinajstić information content (AvgIpc) is 2.70.